The van der Waals surface area contributed by atoms with Crippen LogP contribution in [0.1, 0.15) is 47.2 Å². The van der Waals surface area contributed by atoms with Crippen molar-refractivity contribution in [3.05, 3.63) is 51.3 Å². The Balaban J connectivity index is 2.40. The number of hydrogen-bond donors (Lipinski definition) is 2. The summed E-state index contributed by atoms with van der Waals surface area (Å²) in [6.07, 6.45) is 0. The molecule has 0 bridgehead atoms. The van der Waals surface area contributed by atoms with Gasteiger partial charge in [-0.3, -0.25) is 4.79 Å². The van der Waals surface area contributed by atoms with Gasteiger partial charge in [0.15, 0.2) is 11.3 Å². The molecule has 0 saturated carbocycles. The first-order valence-electron chi connectivity index (χ1n) is 7.69. The van der Waals surface area contributed by atoms with Gasteiger partial charge in [0.2, 0.25) is 0 Å². The molecular weight excluding hydrogens is 306 g/mol. The number of hydrogen-bond acceptors (Lipinski definition) is 4. The highest BCUT2D eigenvalue weighted by Gasteiger charge is 2.20. The van der Waals surface area contributed by atoms with Gasteiger partial charge in [-0.1, -0.05) is 19.9 Å². The van der Waals surface area contributed by atoms with Crippen molar-refractivity contribution in [3.63, 3.8) is 0 Å². The van der Waals surface area contributed by atoms with Crippen LogP contribution >= 0.6 is 0 Å². The van der Waals surface area contributed by atoms with Crippen LogP contribution in [0, 0.1) is 13.8 Å². The number of aryl methyl sites for hydroxylation is 2. The van der Waals surface area contributed by atoms with E-state index in [2.05, 4.69) is 15.0 Å². The number of primary amides is 1. The number of carbonyl (C=O) groups excluding carboxylic acids is 1. The van der Waals surface area contributed by atoms with E-state index in [1.165, 1.54) is 4.57 Å². The highest BCUT2D eigenvalue weighted by Crippen LogP contribution is 2.20. The molecule has 2 aromatic heterocycles. The van der Waals surface area contributed by atoms with Crippen molar-refractivity contribution in [3.8, 4) is 5.69 Å². The van der Waals surface area contributed by atoms with Crippen molar-refractivity contribution in [2.24, 2.45) is 5.73 Å². The number of nitrogens with one attached hydrogen (secondary N) is 1. The summed E-state index contributed by atoms with van der Waals surface area (Å²) >= 11 is 0. The van der Waals surface area contributed by atoms with Crippen molar-refractivity contribution >= 4 is 17.1 Å². The molecular formula is C17H19N5O2. The number of nitrogens with zero attached hydrogens (tertiary/aromatic N) is 3. The minimum Gasteiger partial charge on any atom is -0.364 e. The number of imidazole rings is 1. The highest BCUT2D eigenvalue weighted by atomic mass is 16.2. The summed E-state index contributed by atoms with van der Waals surface area (Å²) in [6, 6.07) is 5.69. The Morgan fingerprint density at radius 2 is 1.92 bits per heavy atom. The molecule has 3 rings (SSSR count). The van der Waals surface area contributed by atoms with Crippen molar-refractivity contribution in [2.75, 3.05) is 0 Å². The molecule has 0 radical (unpaired) electrons. The van der Waals surface area contributed by atoms with Crippen LogP contribution < -0.4 is 11.4 Å². The van der Waals surface area contributed by atoms with E-state index in [9.17, 15) is 9.59 Å². The monoisotopic (exact) mass is 325 g/mol. The third kappa shape index (κ3) is 2.47. The van der Waals surface area contributed by atoms with Crippen LogP contribution in [-0.4, -0.2) is 25.4 Å². The fraction of sp³-hybridized carbons (Fsp3) is 0.294. The van der Waals surface area contributed by atoms with Crippen molar-refractivity contribution < 1.29 is 4.79 Å². The van der Waals surface area contributed by atoms with Crippen LogP contribution in [0.25, 0.3) is 16.9 Å². The third-order valence-corrected chi connectivity index (χ3v) is 4.05. The second-order valence-electron chi connectivity index (χ2n) is 6.18. The predicted molar refractivity (Wildman–Crippen MR) is 91.6 cm³/mol. The molecule has 7 heteroatoms. The Morgan fingerprint density at radius 3 is 2.50 bits per heavy atom. The lowest BCUT2D eigenvalue weighted by Gasteiger charge is -2.09. The Hall–Kier alpha value is -2.96. The van der Waals surface area contributed by atoms with Crippen molar-refractivity contribution in [1.82, 2.24) is 19.5 Å². The maximum atomic E-state index is 12.5. The SMILES string of the molecule is Cc1ccc(-n2c(=O)[nH]c3c(C(N)=O)nc(C(C)C)nc32)cc1C. The summed E-state index contributed by atoms with van der Waals surface area (Å²) in [5, 5.41) is 0. The molecule has 1 amide bonds. The number of amides is 1. The van der Waals surface area contributed by atoms with E-state index in [0.717, 1.165) is 11.1 Å². The molecule has 7 nitrogen and oxygen atoms in total. The van der Waals surface area contributed by atoms with E-state index in [0.29, 0.717) is 17.2 Å². The lowest BCUT2D eigenvalue weighted by molar-refractivity contribution is 0.0996. The smallest absolute Gasteiger partial charge is 0.332 e. The second-order valence-corrected chi connectivity index (χ2v) is 6.18. The van der Waals surface area contributed by atoms with Crippen LogP contribution in [0.5, 0.6) is 0 Å². The van der Waals surface area contributed by atoms with Gasteiger partial charge in [0.25, 0.3) is 5.91 Å². The number of aromatic nitrogens is 4. The van der Waals surface area contributed by atoms with E-state index in [-0.39, 0.29) is 22.8 Å². The summed E-state index contributed by atoms with van der Waals surface area (Å²) in [5.74, 6) is -0.239. The zero-order valence-corrected chi connectivity index (χ0v) is 14.0. The minimum absolute atomic E-state index is 0.00861. The third-order valence-electron chi connectivity index (χ3n) is 4.05. The van der Waals surface area contributed by atoms with Gasteiger partial charge in [0.1, 0.15) is 11.3 Å². The van der Waals surface area contributed by atoms with Crippen molar-refractivity contribution in [1.29, 1.82) is 0 Å². The first kappa shape index (κ1) is 15.9. The molecule has 1 aromatic carbocycles. The van der Waals surface area contributed by atoms with Gasteiger partial charge < -0.3 is 10.7 Å². The number of carbonyl (C=O) groups is 1. The summed E-state index contributed by atoms with van der Waals surface area (Å²) in [5.41, 5.74) is 8.56. The normalized spacial score (nSPS) is 11.4. The first-order valence-corrected chi connectivity index (χ1v) is 7.69. The Kier molecular flexibility index (Phi) is 3.71. The summed E-state index contributed by atoms with van der Waals surface area (Å²) in [7, 11) is 0. The van der Waals surface area contributed by atoms with E-state index in [1.54, 1.807) is 0 Å². The fourth-order valence-electron chi connectivity index (χ4n) is 2.54. The number of H-pyrrole nitrogens is 1. The van der Waals surface area contributed by atoms with Gasteiger partial charge in [0.05, 0.1) is 5.69 Å². The van der Waals surface area contributed by atoms with Gasteiger partial charge >= 0.3 is 5.69 Å². The van der Waals surface area contributed by atoms with Crippen LogP contribution in [0.3, 0.4) is 0 Å². The molecule has 0 aliphatic heterocycles. The van der Waals surface area contributed by atoms with E-state index >= 15 is 0 Å². The molecule has 0 saturated heterocycles. The molecule has 3 aromatic rings. The number of fused-ring (bicyclic) bond motifs is 1. The second kappa shape index (κ2) is 5.59. The van der Waals surface area contributed by atoms with Crippen LogP contribution in [-0.2, 0) is 0 Å². The molecule has 0 aliphatic carbocycles. The average Bonchev–Trinajstić information content (AvgIpc) is 2.84. The minimum atomic E-state index is -0.696. The van der Waals surface area contributed by atoms with Gasteiger partial charge in [-0.25, -0.2) is 19.3 Å². The van der Waals surface area contributed by atoms with Gasteiger partial charge in [-0.2, -0.15) is 0 Å². The molecule has 0 atom stereocenters. The predicted octanol–water partition coefficient (Wildman–Crippen LogP) is 1.95. The quantitative estimate of drug-likeness (QED) is 0.767. The maximum Gasteiger partial charge on any atom is 0.332 e. The summed E-state index contributed by atoms with van der Waals surface area (Å²) in [6.45, 7) is 7.80. The number of benzene rings is 1. The average molecular weight is 325 g/mol. The lowest BCUT2D eigenvalue weighted by atomic mass is 10.1. The van der Waals surface area contributed by atoms with E-state index < -0.39 is 5.91 Å². The number of aromatic amines is 1. The van der Waals surface area contributed by atoms with Crippen LogP contribution in [0.15, 0.2) is 23.0 Å². The Morgan fingerprint density at radius 1 is 1.21 bits per heavy atom. The Bertz CT molecular complexity index is 1010. The number of rotatable bonds is 3. The van der Waals surface area contributed by atoms with Gasteiger partial charge in [0, 0.05) is 5.92 Å². The molecule has 3 N–H and O–H groups in total. The van der Waals surface area contributed by atoms with E-state index in [1.807, 2.05) is 45.9 Å². The molecule has 124 valence electrons. The molecule has 0 fully saturated rings. The van der Waals surface area contributed by atoms with Crippen LogP contribution in [0.2, 0.25) is 0 Å². The molecule has 0 spiro atoms. The van der Waals surface area contributed by atoms with Crippen LogP contribution in [0.4, 0.5) is 0 Å². The molecule has 24 heavy (non-hydrogen) atoms. The number of nitrogens with two attached hydrogens (primary N) is 1. The van der Waals surface area contributed by atoms with E-state index in [4.69, 9.17) is 5.73 Å². The zero-order valence-electron chi connectivity index (χ0n) is 14.0. The topological polar surface area (TPSA) is 107 Å². The molecule has 2 heterocycles. The summed E-state index contributed by atoms with van der Waals surface area (Å²) in [4.78, 5) is 35.6. The van der Waals surface area contributed by atoms with Gasteiger partial charge in [-0.15, -0.1) is 0 Å². The highest BCUT2D eigenvalue weighted by molar-refractivity contribution is 6.01. The zero-order chi connectivity index (χ0) is 17.6. The Labute approximate surface area is 138 Å². The molecule has 0 aliphatic rings. The lowest BCUT2D eigenvalue weighted by Crippen LogP contribution is -2.16. The fourth-order valence-corrected chi connectivity index (χ4v) is 2.54. The van der Waals surface area contributed by atoms with Gasteiger partial charge in [-0.05, 0) is 37.1 Å². The van der Waals surface area contributed by atoms with Crippen molar-refractivity contribution in [2.45, 2.75) is 33.6 Å². The maximum absolute atomic E-state index is 12.5. The largest absolute Gasteiger partial charge is 0.364 e. The summed E-state index contributed by atoms with van der Waals surface area (Å²) < 4.78 is 1.45. The molecule has 0 unspecified atom stereocenters. The first-order chi connectivity index (χ1) is 11.3. The standard InChI is InChI=1S/C17H19N5O2/c1-8(2)15-19-12(14(18)23)13-16(21-15)22(17(24)20-13)11-6-5-9(3)10(4)7-11/h5-8H,1-4H3,(H2,18,23)(H,20,24).